The van der Waals surface area contributed by atoms with Crippen LogP contribution in [0.2, 0.25) is 0 Å². The van der Waals surface area contributed by atoms with Gasteiger partial charge < -0.3 is 4.90 Å². The average molecular weight is 292 g/mol. The molecule has 0 spiro atoms. The Morgan fingerprint density at radius 3 is 2.32 bits per heavy atom. The molecule has 3 aromatic rings. The molecular weight excluding hydrogens is 280 g/mol. The van der Waals surface area contributed by atoms with E-state index in [2.05, 4.69) is 9.97 Å². The zero-order valence-corrected chi connectivity index (χ0v) is 11.8. The second kappa shape index (κ2) is 4.42. The summed E-state index contributed by atoms with van der Waals surface area (Å²) in [7, 11) is 1.93. The third kappa shape index (κ3) is 1.64. The van der Waals surface area contributed by atoms with Crippen molar-refractivity contribution in [1.29, 1.82) is 0 Å². The summed E-state index contributed by atoms with van der Waals surface area (Å²) in [5, 5.41) is 0. The number of para-hydroxylation sites is 3. The quantitative estimate of drug-likeness (QED) is 0.684. The van der Waals surface area contributed by atoms with Crippen LogP contribution in [0.15, 0.2) is 58.1 Å². The van der Waals surface area contributed by atoms with Gasteiger partial charge in [-0.15, -0.1) is 0 Å². The highest BCUT2D eigenvalue weighted by atomic mass is 16.2. The summed E-state index contributed by atoms with van der Waals surface area (Å²) in [6, 6.07) is 15.1. The molecule has 0 radical (unpaired) electrons. The largest absolute Gasteiger partial charge is 0.351 e. The van der Waals surface area contributed by atoms with Gasteiger partial charge in [-0.3, -0.25) is 4.98 Å². The van der Waals surface area contributed by atoms with Gasteiger partial charge in [-0.25, -0.2) is 14.2 Å². The average Bonchev–Trinajstić information content (AvgIpc) is 2.63. The van der Waals surface area contributed by atoms with Gasteiger partial charge in [0.15, 0.2) is 5.82 Å². The Bertz CT molecular complexity index is 1000. The fourth-order valence-electron chi connectivity index (χ4n) is 2.84. The lowest BCUT2D eigenvalue weighted by Gasteiger charge is -2.20. The van der Waals surface area contributed by atoms with E-state index in [0.29, 0.717) is 11.5 Å². The predicted octanol–water partition coefficient (Wildman–Crippen LogP) is 1.67. The smallest absolute Gasteiger partial charge is 0.342 e. The molecule has 1 aliphatic heterocycles. The summed E-state index contributed by atoms with van der Waals surface area (Å²) in [5.41, 5.74) is 2.04. The van der Waals surface area contributed by atoms with Crippen molar-refractivity contribution >= 4 is 11.4 Å². The maximum absolute atomic E-state index is 12.4. The van der Waals surface area contributed by atoms with Gasteiger partial charge in [-0.05, 0) is 24.3 Å². The van der Waals surface area contributed by atoms with E-state index in [-0.39, 0.29) is 0 Å². The summed E-state index contributed by atoms with van der Waals surface area (Å²) in [5.74, 6) is 0.348. The number of H-pyrrole nitrogens is 1. The predicted molar refractivity (Wildman–Crippen MR) is 84.0 cm³/mol. The number of nitrogens with zero attached hydrogens (tertiary/aromatic N) is 3. The monoisotopic (exact) mass is 292 g/mol. The van der Waals surface area contributed by atoms with Crippen LogP contribution in [0.3, 0.4) is 0 Å². The van der Waals surface area contributed by atoms with Crippen LogP contribution in [0.25, 0.3) is 17.1 Å². The van der Waals surface area contributed by atoms with Gasteiger partial charge in [0.25, 0.3) is 0 Å². The van der Waals surface area contributed by atoms with Crippen LogP contribution in [-0.4, -0.2) is 21.6 Å². The molecule has 0 atom stereocenters. The Labute approximate surface area is 125 Å². The van der Waals surface area contributed by atoms with Crippen molar-refractivity contribution in [3.05, 3.63) is 69.5 Å². The van der Waals surface area contributed by atoms with E-state index < -0.39 is 11.4 Å². The Morgan fingerprint density at radius 2 is 1.55 bits per heavy atom. The SMILES string of the molecule is CN1c2ccccc2-c2nc(=O)[nH]c(=O)n2-c2ccccc21. The molecule has 2 aromatic carbocycles. The van der Waals surface area contributed by atoms with Crippen molar-refractivity contribution in [3.8, 4) is 17.1 Å². The zero-order chi connectivity index (χ0) is 15.3. The number of anilines is 2. The minimum atomic E-state index is -0.645. The van der Waals surface area contributed by atoms with Crippen LogP contribution in [0, 0.1) is 0 Å². The van der Waals surface area contributed by atoms with E-state index in [1.165, 1.54) is 4.57 Å². The molecule has 0 aliphatic carbocycles. The first-order valence-corrected chi connectivity index (χ1v) is 6.83. The number of nitrogens with one attached hydrogen (secondary N) is 1. The normalized spacial score (nSPS) is 12.1. The number of hydrogen-bond acceptors (Lipinski definition) is 4. The first kappa shape index (κ1) is 12.6. The number of aromatic amines is 1. The molecule has 22 heavy (non-hydrogen) atoms. The lowest BCUT2D eigenvalue weighted by Crippen LogP contribution is -2.32. The van der Waals surface area contributed by atoms with Gasteiger partial charge in [-0.2, -0.15) is 4.98 Å². The highest BCUT2D eigenvalue weighted by Crippen LogP contribution is 2.39. The van der Waals surface area contributed by atoms with E-state index in [1.54, 1.807) is 0 Å². The Kier molecular flexibility index (Phi) is 2.53. The molecular formula is C16H12N4O2. The molecule has 0 saturated heterocycles. The van der Waals surface area contributed by atoms with Gasteiger partial charge in [0.2, 0.25) is 0 Å². The molecule has 4 rings (SSSR count). The fourth-order valence-corrected chi connectivity index (χ4v) is 2.84. The Hall–Kier alpha value is -3.15. The third-order valence-electron chi connectivity index (χ3n) is 3.83. The van der Waals surface area contributed by atoms with Gasteiger partial charge in [-0.1, -0.05) is 24.3 Å². The van der Waals surface area contributed by atoms with Crippen molar-refractivity contribution < 1.29 is 0 Å². The molecule has 1 aliphatic rings. The van der Waals surface area contributed by atoms with Crippen LogP contribution in [0.4, 0.5) is 11.4 Å². The van der Waals surface area contributed by atoms with E-state index in [0.717, 1.165) is 16.9 Å². The second-order valence-corrected chi connectivity index (χ2v) is 5.07. The molecule has 0 unspecified atom stereocenters. The molecule has 0 amide bonds. The van der Waals surface area contributed by atoms with Crippen LogP contribution in [0.1, 0.15) is 0 Å². The Morgan fingerprint density at radius 1 is 0.909 bits per heavy atom. The first-order valence-electron chi connectivity index (χ1n) is 6.83. The molecule has 6 nitrogen and oxygen atoms in total. The van der Waals surface area contributed by atoms with Gasteiger partial charge in [0.05, 0.1) is 17.1 Å². The van der Waals surface area contributed by atoms with E-state index in [9.17, 15) is 9.59 Å². The van der Waals surface area contributed by atoms with E-state index >= 15 is 0 Å². The number of fused-ring (bicyclic) bond motifs is 5. The van der Waals surface area contributed by atoms with Gasteiger partial charge >= 0.3 is 11.4 Å². The van der Waals surface area contributed by atoms with Crippen LogP contribution >= 0.6 is 0 Å². The molecule has 2 heterocycles. The summed E-state index contributed by atoms with van der Waals surface area (Å²) in [6.07, 6.45) is 0. The zero-order valence-electron chi connectivity index (χ0n) is 11.8. The lowest BCUT2D eigenvalue weighted by atomic mass is 10.1. The standard InChI is InChI=1S/C16H12N4O2/c1-19-11-7-3-2-6-10(11)14-17-15(21)18-16(22)20(14)13-9-5-4-8-12(13)19/h2-9H,1H3,(H,18,21,22). The van der Waals surface area contributed by atoms with Crippen molar-refractivity contribution in [1.82, 2.24) is 14.5 Å². The highest BCUT2D eigenvalue weighted by molar-refractivity contribution is 5.85. The summed E-state index contributed by atoms with van der Waals surface area (Å²) >= 11 is 0. The van der Waals surface area contributed by atoms with E-state index in [1.807, 2.05) is 60.5 Å². The number of hydrogen-bond donors (Lipinski definition) is 1. The molecule has 0 fully saturated rings. The van der Waals surface area contributed by atoms with Crippen LogP contribution in [0.5, 0.6) is 0 Å². The second-order valence-electron chi connectivity index (χ2n) is 5.07. The number of rotatable bonds is 0. The highest BCUT2D eigenvalue weighted by Gasteiger charge is 2.24. The molecule has 108 valence electrons. The molecule has 6 heteroatoms. The number of aromatic nitrogens is 3. The Balaban J connectivity index is 2.26. The van der Waals surface area contributed by atoms with Crippen molar-refractivity contribution in [2.45, 2.75) is 0 Å². The van der Waals surface area contributed by atoms with Gasteiger partial charge in [0.1, 0.15) is 0 Å². The fraction of sp³-hybridized carbons (Fsp3) is 0.0625. The third-order valence-corrected chi connectivity index (χ3v) is 3.83. The first-order chi connectivity index (χ1) is 10.7. The molecule has 1 aromatic heterocycles. The van der Waals surface area contributed by atoms with Crippen molar-refractivity contribution in [2.75, 3.05) is 11.9 Å². The molecule has 1 N–H and O–H groups in total. The van der Waals surface area contributed by atoms with Gasteiger partial charge in [0, 0.05) is 12.6 Å². The topological polar surface area (TPSA) is 71.0 Å². The van der Waals surface area contributed by atoms with Crippen LogP contribution < -0.4 is 16.3 Å². The molecule has 0 saturated carbocycles. The minimum absolute atomic E-state index is 0.348. The maximum atomic E-state index is 12.4. The molecule has 0 bridgehead atoms. The van der Waals surface area contributed by atoms with Crippen molar-refractivity contribution in [3.63, 3.8) is 0 Å². The lowest BCUT2D eigenvalue weighted by molar-refractivity contribution is 0.844. The van der Waals surface area contributed by atoms with E-state index in [4.69, 9.17) is 0 Å². The van der Waals surface area contributed by atoms with Crippen LogP contribution in [-0.2, 0) is 0 Å². The summed E-state index contributed by atoms with van der Waals surface area (Å²) in [4.78, 5) is 32.3. The summed E-state index contributed by atoms with van der Waals surface area (Å²) in [6.45, 7) is 0. The minimum Gasteiger partial charge on any atom is -0.342 e. The number of benzene rings is 2. The van der Waals surface area contributed by atoms with Crippen molar-refractivity contribution in [2.24, 2.45) is 0 Å². The maximum Gasteiger partial charge on any atom is 0.351 e. The summed E-state index contributed by atoms with van der Waals surface area (Å²) < 4.78 is 1.44.